The molecule has 0 saturated carbocycles. The minimum Gasteiger partial charge on any atom is -0.464 e. The van der Waals surface area contributed by atoms with Crippen LogP contribution in [0.3, 0.4) is 0 Å². The molecule has 2 heterocycles. The monoisotopic (exact) mass is 421 g/mol. The molecule has 0 amide bonds. The van der Waals surface area contributed by atoms with Gasteiger partial charge >= 0.3 is 11.9 Å². The fourth-order valence-corrected chi connectivity index (χ4v) is 2.22. The number of hydrogen-bond acceptors (Lipinski definition) is 5. The molecular formula is C12H13Br2N3O4. The van der Waals surface area contributed by atoms with Crippen molar-refractivity contribution in [1.82, 2.24) is 9.66 Å². The second-order valence-electron chi connectivity index (χ2n) is 3.60. The highest BCUT2D eigenvalue weighted by Crippen LogP contribution is 2.16. The summed E-state index contributed by atoms with van der Waals surface area (Å²) >= 11 is 6.33. The van der Waals surface area contributed by atoms with Crippen LogP contribution in [0.4, 0.5) is 0 Å². The minimum atomic E-state index is -0.454. The third-order valence-corrected chi connectivity index (χ3v) is 3.63. The molecule has 7 nitrogen and oxygen atoms in total. The van der Waals surface area contributed by atoms with Gasteiger partial charge in [0.1, 0.15) is 5.69 Å². The number of nitrogens with one attached hydrogen (secondary N) is 1. The van der Waals surface area contributed by atoms with Crippen molar-refractivity contribution < 1.29 is 19.1 Å². The van der Waals surface area contributed by atoms with Crippen LogP contribution in [-0.2, 0) is 9.47 Å². The molecule has 0 aromatic carbocycles. The van der Waals surface area contributed by atoms with E-state index in [1.165, 1.54) is 18.9 Å². The summed E-state index contributed by atoms with van der Waals surface area (Å²) in [7, 11) is 2.65. The van der Waals surface area contributed by atoms with E-state index in [0.29, 0.717) is 15.9 Å². The Labute approximate surface area is 137 Å². The van der Waals surface area contributed by atoms with Crippen molar-refractivity contribution >= 4 is 43.8 Å². The fraction of sp³-hybridized carbons (Fsp3) is 0.167. The summed E-state index contributed by atoms with van der Waals surface area (Å²) in [5.41, 5.74) is 0.759. The molecule has 0 bridgehead atoms. The van der Waals surface area contributed by atoms with Crippen LogP contribution in [0.25, 0.3) is 0 Å². The maximum Gasteiger partial charge on any atom is 0.357 e. The molecule has 3 N–H and O–H groups in total. The molecule has 0 aliphatic carbocycles. The fourth-order valence-electron chi connectivity index (χ4n) is 1.33. The van der Waals surface area contributed by atoms with Crippen molar-refractivity contribution in [2.24, 2.45) is 0 Å². The van der Waals surface area contributed by atoms with Crippen molar-refractivity contribution in [1.29, 1.82) is 0 Å². The van der Waals surface area contributed by atoms with Crippen molar-refractivity contribution in [3.8, 4) is 0 Å². The number of aromatic amines is 1. The number of ether oxygens (including phenoxy) is 2. The molecule has 0 atom stereocenters. The highest BCUT2D eigenvalue weighted by atomic mass is 79.9. The summed E-state index contributed by atoms with van der Waals surface area (Å²) in [6.07, 6.45) is 3.23. The van der Waals surface area contributed by atoms with E-state index in [2.05, 4.69) is 46.3 Å². The van der Waals surface area contributed by atoms with E-state index in [-0.39, 0.29) is 5.97 Å². The van der Waals surface area contributed by atoms with Gasteiger partial charge in [0.05, 0.1) is 18.7 Å². The summed E-state index contributed by atoms with van der Waals surface area (Å²) < 4.78 is 11.5. The largest absolute Gasteiger partial charge is 0.464 e. The Bertz CT molecular complexity index is 617. The predicted octanol–water partition coefficient (Wildman–Crippen LogP) is 2.31. The Morgan fingerprint density at radius 1 is 1.14 bits per heavy atom. The maximum atomic E-state index is 11.0. The first-order valence-corrected chi connectivity index (χ1v) is 7.12. The zero-order valence-electron chi connectivity index (χ0n) is 11.2. The van der Waals surface area contributed by atoms with Gasteiger partial charge in [-0.1, -0.05) is 0 Å². The van der Waals surface area contributed by atoms with Gasteiger partial charge in [0.2, 0.25) is 0 Å². The SMILES string of the molecule is COC(=O)c1[nH]ccc1Br.COC(=O)c1c(Br)ccn1N. The number of nitrogens with two attached hydrogens (primary N) is 1. The molecule has 0 aliphatic heterocycles. The van der Waals surface area contributed by atoms with Gasteiger partial charge in [-0.3, -0.25) is 4.68 Å². The van der Waals surface area contributed by atoms with E-state index in [0.717, 1.165) is 4.47 Å². The second-order valence-corrected chi connectivity index (χ2v) is 5.31. The van der Waals surface area contributed by atoms with E-state index in [4.69, 9.17) is 5.84 Å². The van der Waals surface area contributed by atoms with Gasteiger partial charge in [0.25, 0.3) is 0 Å². The number of halogens is 2. The number of methoxy groups -OCH3 is 2. The summed E-state index contributed by atoms with van der Waals surface area (Å²) in [5, 5.41) is 0. The summed E-state index contributed by atoms with van der Waals surface area (Å²) in [5.74, 6) is 4.59. The molecule has 9 heteroatoms. The Kier molecular flexibility index (Phi) is 6.50. The van der Waals surface area contributed by atoms with Crippen molar-refractivity contribution in [2.75, 3.05) is 20.1 Å². The molecule has 0 fully saturated rings. The lowest BCUT2D eigenvalue weighted by atomic mass is 10.4. The molecule has 0 aliphatic rings. The van der Waals surface area contributed by atoms with Crippen LogP contribution in [0.5, 0.6) is 0 Å². The van der Waals surface area contributed by atoms with Crippen molar-refractivity contribution in [3.05, 3.63) is 44.9 Å². The molecule has 2 rings (SSSR count). The lowest BCUT2D eigenvalue weighted by molar-refractivity contribution is 0.0582. The average Bonchev–Trinajstić information content (AvgIpc) is 3.04. The molecule has 21 heavy (non-hydrogen) atoms. The van der Waals surface area contributed by atoms with E-state index >= 15 is 0 Å². The van der Waals surface area contributed by atoms with Gasteiger partial charge in [-0.25, -0.2) is 9.59 Å². The molecule has 2 aromatic heterocycles. The molecule has 0 spiro atoms. The first kappa shape index (κ1) is 17.3. The number of hydrogen-bond donors (Lipinski definition) is 2. The number of carbonyl (C=O) groups is 2. The number of esters is 2. The molecule has 0 unspecified atom stereocenters. The molecule has 2 aromatic rings. The Balaban J connectivity index is 0.000000211. The van der Waals surface area contributed by atoms with Gasteiger partial charge in [0.15, 0.2) is 5.69 Å². The highest BCUT2D eigenvalue weighted by molar-refractivity contribution is 9.10. The van der Waals surface area contributed by atoms with Crippen molar-refractivity contribution in [3.63, 3.8) is 0 Å². The van der Waals surface area contributed by atoms with Crippen molar-refractivity contribution in [2.45, 2.75) is 0 Å². The molecular weight excluding hydrogens is 410 g/mol. The number of aromatic nitrogens is 2. The van der Waals surface area contributed by atoms with E-state index in [9.17, 15) is 9.59 Å². The van der Waals surface area contributed by atoms with Crippen LogP contribution in [0, 0.1) is 0 Å². The van der Waals surface area contributed by atoms with Crippen LogP contribution in [0.15, 0.2) is 33.5 Å². The van der Waals surface area contributed by atoms with E-state index < -0.39 is 5.97 Å². The minimum absolute atomic E-state index is 0.313. The summed E-state index contributed by atoms with van der Waals surface area (Å²) in [6, 6.07) is 3.42. The van der Waals surface area contributed by atoms with Crippen LogP contribution < -0.4 is 5.84 Å². The zero-order chi connectivity index (χ0) is 16.0. The average molecular weight is 423 g/mol. The van der Waals surface area contributed by atoms with Crippen LogP contribution >= 0.6 is 31.9 Å². The van der Waals surface area contributed by atoms with Crippen LogP contribution in [0.1, 0.15) is 21.0 Å². The maximum absolute atomic E-state index is 11.0. The second kappa shape index (κ2) is 7.89. The van der Waals surface area contributed by atoms with E-state index in [1.807, 2.05) is 0 Å². The molecule has 0 radical (unpaired) electrons. The van der Waals surface area contributed by atoms with Gasteiger partial charge in [-0.05, 0) is 44.0 Å². The number of rotatable bonds is 2. The lowest BCUT2D eigenvalue weighted by Gasteiger charge is -2.00. The summed E-state index contributed by atoms with van der Waals surface area (Å²) in [6.45, 7) is 0. The highest BCUT2D eigenvalue weighted by Gasteiger charge is 2.14. The quantitative estimate of drug-likeness (QED) is 0.571. The van der Waals surface area contributed by atoms with Gasteiger partial charge in [0, 0.05) is 16.9 Å². The predicted molar refractivity (Wildman–Crippen MR) is 83.5 cm³/mol. The molecule has 0 saturated heterocycles. The van der Waals surface area contributed by atoms with Gasteiger partial charge < -0.3 is 20.3 Å². The first-order chi connectivity index (χ1) is 9.92. The van der Waals surface area contributed by atoms with Gasteiger partial charge in [-0.15, -0.1) is 0 Å². The number of H-pyrrole nitrogens is 1. The topological polar surface area (TPSA) is 99.3 Å². The van der Waals surface area contributed by atoms with Gasteiger partial charge in [-0.2, -0.15) is 0 Å². The van der Waals surface area contributed by atoms with Crippen LogP contribution in [-0.4, -0.2) is 35.8 Å². The van der Waals surface area contributed by atoms with E-state index in [1.54, 1.807) is 24.5 Å². The number of carbonyl (C=O) groups excluding carboxylic acids is 2. The Morgan fingerprint density at radius 3 is 2.14 bits per heavy atom. The third kappa shape index (κ3) is 4.36. The van der Waals surface area contributed by atoms with Crippen LogP contribution in [0.2, 0.25) is 0 Å². The third-order valence-electron chi connectivity index (χ3n) is 2.33. The zero-order valence-corrected chi connectivity index (χ0v) is 14.4. The first-order valence-electron chi connectivity index (χ1n) is 5.53. The normalized spacial score (nSPS) is 9.52. The number of nitrogens with zero attached hydrogens (tertiary/aromatic N) is 1. The lowest BCUT2D eigenvalue weighted by Crippen LogP contribution is -2.16. The Hall–Kier alpha value is -1.74. The number of nitrogen functional groups attached to an aromatic ring is 1. The summed E-state index contributed by atoms with van der Waals surface area (Å²) in [4.78, 5) is 24.5. The molecule has 114 valence electrons. The Morgan fingerprint density at radius 2 is 1.76 bits per heavy atom. The standard InChI is InChI=1S/C6H7BrN2O2.C6H6BrNO2/c1-11-6(10)5-4(7)2-3-9(5)8;1-10-6(9)5-4(7)2-3-8-5/h2-3H,8H2,1H3;2-3,8H,1H3. The smallest absolute Gasteiger partial charge is 0.357 e.